The first-order chi connectivity index (χ1) is 16.8. The number of carboxylic acids is 1. The largest absolute Gasteiger partial charge is 0.480 e. The average molecular weight is 483 g/mol. The number of amides is 2. The van der Waals surface area contributed by atoms with Gasteiger partial charge in [0.05, 0.1) is 6.61 Å². The molecule has 1 aliphatic carbocycles. The van der Waals surface area contributed by atoms with Crippen molar-refractivity contribution in [3.63, 3.8) is 0 Å². The lowest BCUT2D eigenvalue weighted by atomic mass is 9.93. The molecule has 0 saturated carbocycles. The van der Waals surface area contributed by atoms with Crippen LogP contribution in [-0.4, -0.2) is 55.0 Å². The van der Waals surface area contributed by atoms with E-state index in [0.29, 0.717) is 6.42 Å². The van der Waals surface area contributed by atoms with Crippen LogP contribution in [0.15, 0.2) is 48.5 Å². The first-order valence-electron chi connectivity index (χ1n) is 11.9. The average Bonchev–Trinajstić information content (AvgIpc) is 3.18. The summed E-state index contributed by atoms with van der Waals surface area (Å²) in [6.45, 7) is 5.29. The number of fused-ring (bicyclic) bond motifs is 3. The Morgan fingerprint density at radius 1 is 1.03 bits per heavy atom. The maximum absolute atomic E-state index is 13.2. The second kappa shape index (κ2) is 11.4. The van der Waals surface area contributed by atoms with E-state index in [1.807, 2.05) is 43.3 Å². The third-order valence-electron chi connectivity index (χ3n) is 6.88. The van der Waals surface area contributed by atoms with E-state index in [2.05, 4.69) is 22.8 Å². The second-order valence-electron chi connectivity index (χ2n) is 8.99. The van der Waals surface area contributed by atoms with Crippen LogP contribution in [0.1, 0.15) is 50.7 Å². The number of carbonyl (C=O) groups excluding carboxylic acids is 2. The molecule has 0 aromatic heterocycles. The summed E-state index contributed by atoms with van der Waals surface area (Å²) in [5, 5.41) is 14.8. The highest BCUT2D eigenvalue weighted by atomic mass is 16.5. The lowest BCUT2D eigenvalue weighted by Gasteiger charge is -2.33. The van der Waals surface area contributed by atoms with Gasteiger partial charge in [0.1, 0.15) is 18.2 Å². The quantitative estimate of drug-likeness (QED) is 0.447. The summed E-state index contributed by atoms with van der Waals surface area (Å²) < 4.78 is 10.9. The topological polar surface area (TPSA) is 114 Å². The van der Waals surface area contributed by atoms with Crippen LogP contribution in [0.25, 0.3) is 11.1 Å². The van der Waals surface area contributed by atoms with E-state index in [0.717, 1.165) is 22.3 Å². The third-order valence-corrected chi connectivity index (χ3v) is 6.88. The Morgan fingerprint density at radius 3 is 2.09 bits per heavy atom. The first-order valence-corrected chi connectivity index (χ1v) is 11.9. The number of carboxylic acid groups (broad SMARTS) is 1. The molecule has 188 valence electrons. The summed E-state index contributed by atoms with van der Waals surface area (Å²) in [7, 11) is 1.42. The van der Waals surface area contributed by atoms with Crippen molar-refractivity contribution in [3.8, 4) is 11.1 Å². The predicted octanol–water partition coefficient (Wildman–Crippen LogP) is 3.94. The Balaban J connectivity index is 1.75. The molecule has 1 aliphatic rings. The number of aliphatic carboxylic acids is 1. The van der Waals surface area contributed by atoms with E-state index in [1.165, 1.54) is 7.11 Å². The first kappa shape index (κ1) is 26.2. The molecule has 8 nitrogen and oxygen atoms in total. The molecule has 0 fully saturated rings. The third kappa shape index (κ3) is 5.48. The number of hydrogen-bond acceptors (Lipinski definition) is 5. The monoisotopic (exact) mass is 482 g/mol. The molecule has 3 rings (SSSR count). The van der Waals surface area contributed by atoms with E-state index in [4.69, 9.17) is 9.47 Å². The lowest BCUT2D eigenvalue weighted by Crippen LogP contribution is -2.64. The number of rotatable bonds is 11. The van der Waals surface area contributed by atoms with Gasteiger partial charge in [-0.15, -0.1) is 0 Å². The Labute approximate surface area is 206 Å². The van der Waals surface area contributed by atoms with Gasteiger partial charge in [-0.3, -0.25) is 4.79 Å². The highest BCUT2D eigenvalue weighted by molar-refractivity contribution is 5.93. The Morgan fingerprint density at radius 2 is 1.60 bits per heavy atom. The van der Waals surface area contributed by atoms with Gasteiger partial charge in [0.15, 0.2) is 0 Å². The van der Waals surface area contributed by atoms with Gasteiger partial charge in [-0.25, -0.2) is 9.59 Å². The molecule has 2 amide bonds. The van der Waals surface area contributed by atoms with Crippen molar-refractivity contribution in [2.45, 2.75) is 51.1 Å². The minimum Gasteiger partial charge on any atom is -0.480 e. The summed E-state index contributed by atoms with van der Waals surface area (Å²) in [6.07, 6.45) is -0.0132. The second-order valence-corrected chi connectivity index (χ2v) is 8.99. The number of benzene rings is 2. The number of carbonyl (C=O) groups is 3. The lowest BCUT2D eigenvalue weighted by molar-refractivity contribution is -0.145. The fraction of sp³-hybridized carbons (Fsp3) is 0.444. The Kier molecular flexibility index (Phi) is 8.51. The summed E-state index contributed by atoms with van der Waals surface area (Å²) in [5.74, 6) is -2.16. The van der Waals surface area contributed by atoms with Gasteiger partial charge in [-0.05, 0) is 34.6 Å². The van der Waals surface area contributed by atoms with Crippen molar-refractivity contribution in [2.24, 2.45) is 5.92 Å². The van der Waals surface area contributed by atoms with Gasteiger partial charge in [0.2, 0.25) is 5.91 Å². The molecule has 0 heterocycles. The van der Waals surface area contributed by atoms with Crippen molar-refractivity contribution >= 4 is 18.0 Å². The molecule has 0 spiro atoms. The number of hydrogen-bond donors (Lipinski definition) is 3. The fourth-order valence-corrected chi connectivity index (χ4v) is 4.55. The van der Waals surface area contributed by atoms with Crippen LogP contribution in [0.5, 0.6) is 0 Å². The Hall–Kier alpha value is -3.39. The zero-order valence-electron chi connectivity index (χ0n) is 20.7. The maximum atomic E-state index is 13.2. The van der Waals surface area contributed by atoms with Crippen molar-refractivity contribution < 1.29 is 29.0 Å². The molecular formula is C27H34N2O6. The fourth-order valence-electron chi connectivity index (χ4n) is 4.55. The molecule has 2 aromatic carbocycles. The highest BCUT2D eigenvalue weighted by Crippen LogP contribution is 2.44. The molecule has 3 N–H and O–H groups in total. The molecule has 8 heteroatoms. The van der Waals surface area contributed by atoms with E-state index in [-0.39, 0.29) is 31.5 Å². The van der Waals surface area contributed by atoms with Gasteiger partial charge in [-0.1, -0.05) is 75.7 Å². The summed E-state index contributed by atoms with van der Waals surface area (Å²) >= 11 is 0. The smallest absolute Gasteiger partial charge is 0.408 e. The van der Waals surface area contributed by atoms with Crippen LogP contribution < -0.4 is 10.6 Å². The van der Waals surface area contributed by atoms with Crippen LogP contribution in [0.4, 0.5) is 4.79 Å². The van der Waals surface area contributed by atoms with E-state index >= 15 is 0 Å². The standard InChI is InChI=1S/C27H34N2O6/c1-5-17(3)23(24(30)31)28-25(32)27(6-2,16-34-4)29-26(33)35-15-22-20-13-9-7-11-18(20)19-12-8-10-14-21(19)22/h7-14,17,22-23H,5-6,15-16H2,1-4H3,(H,28,32)(H,29,33)(H,30,31). The minimum absolute atomic E-state index is 0.0961. The van der Waals surface area contributed by atoms with Crippen LogP contribution in [-0.2, 0) is 19.1 Å². The molecule has 0 radical (unpaired) electrons. The summed E-state index contributed by atoms with van der Waals surface area (Å²) in [6, 6.07) is 14.9. The molecular weight excluding hydrogens is 448 g/mol. The normalized spacial score (nSPS) is 15.8. The minimum atomic E-state index is -1.47. The predicted molar refractivity (Wildman–Crippen MR) is 132 cm³/mol. The van der Waals surface area contributed by atoms with Crippen molar-refractivity contribution in [3.05, 3.63) is 59.7 Å². The number of methoxy groups -OCH3 is 1. The van der Waals surface area contributed by atoms with Crippen LogP contribution in [0.2, 0.25) is 0 Å². The molecule has 0 aliphatic heterocycles. The van der Waals surface area contributed by atoms with E-state index in [9.17, 15) is 19.5 Å². The van der Waals surface area contributed by atoms with E-state index in [1.54, 1.807) is 13.8 Å². The molecule has 0 saturated heterocycles. The van der Waals surface area contributed by atoms with Crippen LogP contribution in [0, 0.1) is 5.92 Å². The molecule has 35 heavy (non-hydrogen) atoms. The molecule has 0 bridgehead atoms. The van der Waals surface area contributed by atoms with Gasteiger partial charge < -0.3 is 25.2 Å². The van der Waals surface area contributed by atoms with Crippen molar-refractivity contribution in [1.82, 2.24) is 10.6 Å². The van der Waals surface area contributed by atoms with Crippen molar-refractivity contribution in [1.29, 1.82) is 0 Å². The number of alkyl carbamates (subject to hydrolysis) is 1. The Bertz CT molecular complexity index is 1030. The van der Waals surface area contributed by atoms with Gasteiger partial charge in [-0.2, -0.15) is 0 Å². The van der Waals surface area contributed by atoms with Gasteiger partial charge >= 0.3 is 12.1 Å². The SMILES string of the molecule is CCC(C)C(NC(=O)C(CC)(COC)NC(=O)OCC1c2ccccc2-c2ccccc21)C(=O)O. The molecule has 3 atom stereocenters. The number of ether oxygens (including phenoxy) is 2. The maximum Gasteiger partial charge on any atom is 0.408 e. The zero-order chi connectivity index (χ0) is 25.6. The van der Waals surface area contributed by atoms with Crippen molar-refractivity contribution in [2.75, 3.05) is 20.3 Å². The summed E-state index contributed by atoms with van der Waals surface area (Å²) in [4.78, 5) is 37.8. The number of nitrogens with one attached hydrogen (secondary N) is 2. The van der Waals surface area contributed by atoms with Gasteiger partial charge in [0.25, 0.3) is 0 Å². The molecule has 3 unspecified atom stereocenters. The molecule has 2 aromatic rings. The van der Waals surface area contributed by atoms with E-state index < -0.39 is 29.6 Å². The van der Waals surface area contributed by atoms with Gasteiger partial charge in [0, 0.05) is 13.0 Å². The van der Waals surface area contributed by atoms with Crippen LogP contribution >= 0.6 is 0 Å². The zero-order valence-corrected chi connectivity index (χ0v) is 20.7. The summed E-state index contributed by atoms with van der Waals surface area (Å²) in [5.41, 5.74) is 2.91. The van der Waals surface area contributed by atoms with Crippen LogP contribution in [0.3, 0.4) is 0 Å². The highest BCUT2D eigenvalue weighted by Gasteiger charge is 2.42.